The van der Waals surface area contributed by atoms with Crippen LogP contribution in [0, 0.1) is 5.92 Å². The molecule has 1 fully saturated rings. The second-order valence-corrected chi connectivity index (χ2v) is 6.38. The van der Waals surface area contributed by atoms with Crippen LogP contribution in [0.3, 0.4) is 0 Å². The fraction of sp³-hybridized carbons (Fsp3) is 0.556. The molecule has 126 valence electrons. The highest BCUT2D eigenvalue weighted by Crippen LogP contribution is 2.22. The van der Waals surface area contributed by atoms with E-state index in [0.717, 1.165) is 23.8 Å². The van der Waals surface area contributed by atoms with Crippen molar-refractivity contribution in [2.45, 2.75) is 39.5 Å². The molecule has 0 bridgehead atoms. The largest absolute Gasteiger partial charge is 0.375 e. The van der Waals surface area contributed by atoms with Gasteiger partial charge in [0.15, 0.2) is 0 Å². The molecule has 1 aromatic carbocycles. The normalized spacial score (nSPS) is 16.2. The zero-order valence-electron chi connectivity index (χ0n) is 14.3. The van der Waals surface area contributed by atoms with Gasteiger partial charge in [0.1, 0.15) is 0 Å². The summed E-state index contributed by atoms with van der Waals surface area (Å²) in [7, 11) is 2.10. The van der Waals surface area contributed by atoms with Crippen molar-refractivity contribution in [2.75, 3.05) is 29.9 Å². The minimum absolute atomic E-state index is 0.205. The molecule has 5 nitrogen and oxygen atoms in total. The summed E-state index contributed by atoms with van der Waals surface area (Å²) < 4.78 is 0. The van der Waals surface area contributed by atoms with Crippen LogP contribution in [0.5, 0.6) is 0 Å². The van der Waals surface area contributed by atoms with Crippen molar-refractivity contribution in [3.63, 3.8) is 0 Å². The average Bonchev–Trinajstić information content (AvgIpc) is 2.53. The van der Waals surface area contributed by atoms with Gasteiger partial charge in [0.05, 0.1) is 0 Å². The summed E-state index contributed by atoms with van der Waals surface area (Å²) in [5.74, 6) is 0.542. The third-order valence-electron chi connectivity index (χ3n) is 4.39. The van der Waals surface area contributed by atoms with Crippen LogP contribution in [-0.4, -0.2) is 32.1 Å². The van der Waals surface area contributed by atoms with Crippen molar-refractivity contribution < 1.29 is 9.59 Å². The third kappa shape index (κ3) is 4.71. The first-order valence-corrected chi connectivity index (χ1v) is 8.43. The number of amides is 3. The van der Waals surface area contributed by atoms with Gasteiger partial charge < -0.3 is 4.90 Å². The summed E-state index contributed by atoms with van der Waals surface area (Å²) in [5, 5.41) is 2.35. The predicted octanol–water partition coefficient (Wildman–Crippen LogP) is 3.40. The maximum atomic E-state index is 11.8. The minimum atomic E-state index is -0.337. The summed E-state index contributed by atoms with van der Waals surface area (Å²) in [5.41, 5.74) is 1.97. The van der Waals surface area contributed by atoms with E-state index in [1.807, 2.05) is 24.3 Å². The molecule has 1 saturated heterocycles. The summed E-state index contributed by atoms with van der Waals surface area (Å²) >= 11 is 0. The van der Waals surface area contributed by atoms with Gasteiger partial charge in [-0.2, -0.15) is 0 Å². The van der Waals surface area contributed by atoms with Gasteiger partial charge in [-0.25, -0.2) is 4.79 Å². The summed E-state index contributed by atoms with van der Waals surface area (Å²) in [6.45, 7) is 5.99. The van der Waals surface area contributed by atoms with E-state index in [4.69, 9.17) is 0 Å². The molecule has 0 saturated carbocycles. The molecule has 0 radical (unpaired) electrons. The lowest BCUT2D eigenvalue weighted by molar-refractivity contribution is -0.120. The first kappa shape index (κ1) is 17.3. The molecule has 5 heteroatoms. The molecule has 0 aliphatic carbocycles. The fourth-order valence-corrected chi connectivity index (χ4v) is 2.88. The lowest BCUT2D eigenvalue weighted by atomic mass is 10.0. The molecule has 1 unspecified atom stereocenters. The lowest BCUT2D eigenvalue weighted by Crippen LogP contribution is -2.49. The van der Waals surface area contributed by atoms with Gasteiger partial charge in [-0.05, 0) is 36.6 Å². The molecular formula is C18H27N3O2. The highest BCUT2D eigenvalue weighted by atomic mass is 16.2. The van der Waals surface area contributed by atoms with Gasteiger partial charge in [-0.15, -0.1) is 0 Å². The molecule has 1 aliphatic heterocycles. The van der Waals surface area contributed by atoms with Gasteiger partial charge in [-0.1, -0.05) is 26.7 Å². The average molecular weight is 317 g/mol. The van der Waals surface area contributed by atoms with Crippen LogP contribution < -0.4 is 15.1 Å². The Morgan fingerprint density at radius 2 is 1.91 bits per heavy atom. The quantitative estimate of drug-likeness (QED) is 0.838. The maximum absolute atomic E-state index is 11.8. The first-order valence-electron chi connectivity index (χ1n) is 8.43. The fourth-order valence-electron chi connectivity index (χ4n) is 2.88. The summed E-state index contributed by atoms with van der Waals surface area (Å²) in [4.78, 5) is 26.9. The topological polar surface area (TPSA) is 52.6 Å². The molecule has 1 aromatic rings. The Kier molecular flexibility index (Phi) is 6.02. The number of carbonyl (C=O) groups excluding carboxylic acids is 2. The summed E-state index contributed by atoms with van der Waals surface area (Å²) in [6, 6.07) is 7.61. The molecule has 1 heterocycles. The Balaban J connectivity index is 1.93. The molecule has 1 aliphatic rings. The van der Waals surface area contributed by atoms with Crippen LogP contribution in [0.4, 0.5) is 16.2 Å². The third-order valence-corrected chi connectivity index (χ3v) is 4.39. The molecule has 1 N–H and O–H groups in total. The summed E-state index contributed by atoms with van der Waals surface area (Å²) in [6.07, 6.45) is 4.04. The Morgan fingerprint density at radius 1 is 1.22 bits per heavy atom. The van der Waals surface area contributed by atoms with Gasteiger partial charge in [0, 0.05) is 37.9 Å². The van der Waals surface area contributed by atoms with Crippen LogP contribution in [-0.2, 0) is 4.79 Å². The zero-order chi connectivity index (χ0) is 16.8. The zero-order valence-corrected chi connectivity index (χ0v) is 14.3. The number of rotatable bonds is 7. The van der Waals surface area contributed by atoms with E-state index in [1.54, 1.807) is 4.90 Å². The second kappa shape index (κ2) is 7.99. The highest BCUT2D eigenvalue weighted by Gasteiger charge is 2.24. The number of imide groups is 1. The van der Waals surface area contributed by atoms with Crippen LogP contribution in [0.1, 0.15) is 39.5 Å². The molecule has 2 rings (SSSR count). The molecule has 1 atom stereocenters. The number of carbonyl (C=O) groups is 2. The Bertz CT molecular complexity index is 542. The monoisotopic (exact) mass is 317 g/mol. The number of urea groups is 1. The van der Waals surface area contributed by atoms with Crippen molar-refractivity contribution in [1.29, 1.82) is 0 Å². The van der Waals surface area contributed by atoms with Crippen molar-refractivity contribution in [2.24, 2.45) is 5.92 Å². The van der Waals surface area contributed by atoms with Gasteiger partial charge in [0.2, 0.25) is 5.91 Å². The predicted molar refractivity (Wildman–Crippen MR) is 93.9 cm³/mol. The number of anilines is 2. The van der Waals surface area contributed by atoms with Crippen LogP contribution in [0.15, 0.2) is 24.3 Å². The van der Waals surface area contributed by atoms with Crippen molar-refractivity contribution in [1.82, 2.24) is 5.32 Å². The number of benzene rings is 1. The molecule has 0 spiro atoms. The number of nitrogens with one attached hydrogen (secondary N) is 1. The smallest absolute Gasteiger partial charge is 0.328 e. The second-order valence-electron chi connectivity index (χ2n) is 6.38. The molecule has 23 heavy (non-hydrogen) atoms. The van der Waals surface area contributed by atoms with E-state index in [9.17, 15) is 9.59 Å². The van der Waals surface area contributed by atoms with E-state index in [-0.39, 0.29) is 11.9 Å². The standard InChI is InChI=1S/C18H27N3O2/c1-4-5-14(2)10-12-20(3)15-6-8-16(9-7-15)21-13-11-17(22)19-18(21)23/h6-9,14H,4-5,10-13H2,1-3H3,(H,19,22,23). The van der Waals surface area contributed by atoms with Crippen molar-refractivity contribution >= 4 is 23.3 Å². The minimum Gasteiger partial charge on any atom is -0.375 e. The van der Waals surface area contributed by atoms with Gasteiger partial charge in [0.25, 0.3) is 0 Å². The first-order chi connectivity index (χ1) is 11.0. The Hall–Kier alpha value is -2.04. The molecule has 0 aromatic heterocycles. The van der Waals surface area contributed by atoms with Crippen LogP contribution in [0.2, 0.25) is 0 Å². The van der Waals surface area contributed by atoms with Crippen LogP contribution >= 0.6 is 0 Å². The molecule has 3 amide bonds. The Morgan fingerprint density at radius 3 is 2.52 bits per heavy atom. The molecular weight excluding hydrogens is 290 g/mol. The van der Waals surface area contributed by atoms with Crippen molar-refractivity contribution in [3.8, 4) is 0 Å². The number of hydrogen-bond donors (Lipinski definition) is 1. The van der Waals surface area contributed by atoms with E-state index < -0.39 is 0 Å². The van der Waals surface area contributed by atoms with E-state index in [1.165, 1.54) is 19.3 Å². The van der Waals surface area contributed by atoms with Gasteiger partial charge >= 0.3 is 6.03 Å². The SMILES string of the molecule is CCCC(C)CCN(C)c1ccc(N2CCC(=O)NC2=O)cc1. The van der Waals surface area contributed by atoms with Crippen LogP contribution in [0.25, 0.3) is 0 Å². The van der Waals surface area contributed by atoms with E-state index in [2.05, 4.69) is 31.1 Å². The lowest BCUT2D eigenvalue weighted by Gasteiger charge is -2.27. The highest BCUT2D eigenvalue weighted by molar-refractivity contribution is 6.05. The van der Waals surface area contributed by atoms with E-state index in [0.29, 0.717) is 13.0 Å². The van der Waals surface area contributed by atoms with E-state index >= 15 is 0 Å². The van der Waals surface area contributed by atoms with Crippen molar-refractivity contribution in [3.05, 3.63) is 24.3 Å². The number of nitrogens with zero attached hydrogens (tertiary/aromatic N) is 2. The number of hydrogen-bond acceptors (Lipinski definition) is 3. The van der Waals surface area contributed by atoms with Gasteiger partial charge in [-0.3, -0.25) is 15.0 Å². The maximum Gasteiger partial charge on any atom is 0.328 e. The Labute approximate surface area is 138 Å².